The van der Waals surface area contributed by atoms with Crippen LogP contribution in [0, 0.1) is 0 Å². The van der Waals surface area contributed by atoms with Crippen LogP contribution in [0.3, 0.4) is 0 Å². The molecule has 1 rings (SSSR count). The molecule has 0 bridgehead atoms. The second-order valence-electron chi connectivity index (χ2n) is 4.24. The molecule has 0 unspecified atom stereocenters. The quantitative estimate of drug-likeness (QED) is 0.851. The van der Waals surface area contributed by atoms with Crippen LogP contribution in [-0.4, -0.2) is 40.1 Å². The van der Waals surface area contributed by atoms with Crippen LogP contribution in [0.1, 0.15) is 19.5 Å². The molecule has 6 nitrogen and oxygen atoms in total. The molecule has 0 aromatic carbocycles. The molecule has 1 aromatic rings. The first-order chi connectivity index (χ1) is 8.40. The highest BCUT2D eigenvalue weighted by Crippen LogP contribution is 2.08. The monoisotopic (exact) mass is 251 g/mol. The van der Waals surface area contributed by atoms with Crippen LogP contribution in [-0.2, 0) is 11.2 Å². The van der Waals surface area contributed by atoms with Crippen LogP contribution < -0.4 is 5.32 Å². The lowest BCUT2D eigenvalue weighted by atomic mass is 10.2. The summed E-state index contributed by atoms with van der Waals surface area (Å²) in [4.78, 5) is 27.7. The van der Waals surface area contributed by atoms with E-state index in [2.05, 4.69) is 10.3 Å². The molecule has 0 saturated carbocycles. The number of carboxylic acids is 1. The smallest absolute Gasteiger partial charge is 0.321 e. The Morgan fingerprint density at radius 1 is 1.44 bits per heavy atom. The molecule has 0 saturated heterocycles. The Morgan fingerprint density at radius 2 is 2.11 bits per heavy atom. The summed E-state index contributed by atoms with van der Waals surface area (Å²) in [7, 11) is 1.70. The fourth-order valence-electron chi connectivity index (χ4n) is 1.20. The van der Waals surface area contributed by atoms with E-state index in [1.54, 1.807) is 24.1 Å². The van der Waals surface area contributed by atoms with Gasteiger partial charge in [0, 0.05) is 13.1 Å². The number of amides is 2. The molecule has 2 amide bonds. The molecule has 2 N–H and O–H groups in total. The predicted molar refractivity (Wildman–Crippen MR) is 67.5 cm³/mol. The van der Waals surface area contributed by atoms with Crippen LogP contribution in [0.15, 0.2) is 18.3 Å². The zero-order valence-electron chi connectivity index (χ0n) is 10.7. The average molecular weight is 251 g/mol. The number of rotatable bonds is 4. The fraction of sp³-hybridized carbons (Fsp3) is 0.417. The number of carboxylic acid groups (broad SMARTS) is 1. The Balaban J connectivity index is 2.63. The molecule has 0 aliphatic rings. The second kappa shape index (κ2) is 6.00. The van der Waals surface area contributed by atoms with Crippen LogP contribution >= 0.6 is 0 Å². The molecule has 6 heteroatoms. The van der Waals surface area contributed by atoms with Crippen molar-refractivity contribution in [1.29, 1.82) is 0 Å². The van der Waals surface area contributed by atoms with E-state index in [9.17, 15) is 9.59 Å². The Bertz CT molecular complexity index is 429. The fourth-order valence-corrected chi connectivity index (χ4v) is 1.20. The maximum absolute atomic E-state index is 11.7. The van der Waals surface area contributed by atoms with Gasteiger partial charge in [-0.25, -0.2) is 4.79 Å². The number of nitrogens with one attached hydrogen (secondary N) is 1. The van der Waals surface area contributed by atoms with Crippen molar-refractivity contribution in [1.82, 2.24) is 9.88 Å². The molecular formula is C12H17N3O3. The zero-order valence-corrected chi connectivity index (χ0v) is 10.7. The Morgan fingerprint density at radius 3 is 2.56 bits per heavy atom. The number of nitrogens with zero attached hydrogens (tertiary/aromatic N) is 2. The third-order valence-electron chi connectivity index (χ3n) is 2.50. The summed E-state index contributed by atoms with van der Waals surface area (Å²) in [6, 6.07) is 3.10. The first-order valence-electron chi connectivity index (χ1n) is 5.60. The molecule has 1 heterocycles. The minimum atomic E-state index is -0.932. The molecule has 18 heavy (non-hydrogen) atoms. The highest BCUT2D eigenvalue weighted by molar-refractivity contribution is 5.89. The van der Waals surface area contributed by atoms with Gasteiger partial charge in [-0.3, -0.25) is 9.78 Å². The molecule has 0 radical (unpaired) electrons. The number of carbonyl (C=O) groups is 2. The number of urea groups is 1. The lowest BCUT2D eigenvalue weighted by Crippen LogP contribution is -2.36. The number of aliphatic carboxylic acids is 1. The lowest BCUT2D eigenvalue weighted by molar-refractivity contribution is -0.136. The molecule has 0 aliphatic carbocycles. The summed E-state index contributed by atoms with van der Waals surface area (Å²) in [6.07, 6.45) is 1.32. The lowest BCUT2D eigenvalue weighted by Gasteiger charge is -2.21. The number of hydrogen-bond acceptors (Lipinski definition) is 3. The number of anilines is 1. The first kappa shape index (κ1) is 14.0. The van der Waals surface area contributed by atoms with Crippen LogP contribution in [0.5, 0.6) is 0 Å². The van der Waals surface area contributed by atoms with Crippen LogP contribution in [0.4, 0.5) is 10.5 Å². The highest BCUT2D eigenvalue weighted by atomic mass is 16.4. The Hall–Kier alpha value is -2.11. The summed E-state index contributed by atoms with van der Waals surface area (Å²) in [5.74, 6) is -0.932. The van der Waals surface area contributed by atoms with Crippen molar-refractivity contribution in [2.75, 3.05) is 12.4 Å². The van der Waals surface area contributed by atoms with E-state index in [1.165, 1.54) is 6.20 Å². The van der Waals surface area contributed by atoms with E-state index >= 15 is 0 Å². The van der Waals surface area contributed by atoms with E-state index in [1.807, 2.05) is 13.8 Å². The van der Waals surface area contributed by atoms with Crippen molar-refractivity contribution in [3.8, 4) is 0 Å². The number of aromatic nitrogens is 1. The number of pyridine rings is 1. The van der Waals surface area contributed by atoms with E-state index in [-0.39, 0.29) is 18.5 Å². The molecule has 0 atom stereocenters. The zero-order chi connectivity index (χ0) is 13.7. The summed E-state index contributed by atoms with van der Waals surface area (Å²) < 4.78 is 0. The summed E-state index contributed by atoms with van der Waals surface area (Å²) in [6.45, 7) is 3.82. The minimum Gasteiger partial charge on any atom is -0.481 e. The Labute approximate surface area is 106 Å². The van der Waals surface area contributed by atoms with E-state index in [0.29, 0.717) is 11.4 Å². The van der Waals surface area contributed by atoms with Crippen molar-refractivity contribution in [2.24, 2.45) is 0 Å². The van der Waals surface area contributed by atoms with Gasteiger partial charge in [-0.1, -0.05) is 0 Å². The largest absolute Gasteiger partial charge is 0.481 e. The molecule has 0 aliphatic heterocycles. The van der Waals surface area contributed by atoms with Gasteiger partial charge in [0.1, 0.15) is 0 Å². The van der Waals surface area contributed by atoms with Crippen molar-refractivity contribution < 1.29 is 14.7 Å². The molecule has 0 fully saturated rings. The van der Waals surface area contributed by atoms with E-state index < -0.39 is 5.97 Å². The van der Waals surface area contributed by atoms with Gasteiger partial charge in [-0.2, -0.15) is 0 Å². The third-order valence-corrected chi connectivity index (χ3v) is 2.50. The average Bonchev–Trinajstić information content (AvgIpc) is 2.29. The SMILES string of the molecule is CC(C)N(C)C(=O)Nc1ccc(CC(=O)O)nc1. The van der Waals surface area contributed by atoms with Gasteiger partial charge >= 0.3 is 12.0 Å². The van der Waals surface area contributed by atoms with E-state index in [0.717, 1.165) is 0 Å². The third kappa shape index (κ3) is 4.04. The molecule has 98 valence electrons. The van der Waals surface area contributed by atoms with E-state index in [4.69, 9.17) is 5.11 Å². The van der Waals surface area contributed by atoms with Crippen molar-refractivity contribution in [3.05, 3.63) is 24.0 Å². The minimum absolute atomic E-state index is 0.101. The first-order valence-corrected chi connectivity index (χ1v) is 5.60. The maximum atomic E-state index is 11.7. The van der Waals surface area contributed by atoms with Crippen LogP contribution in [0.2, 0.25) is 0 Å². The van der Waals surface area contributed by atoms with Crippen molar-refractivity contribution >= 4 is 17.7 Å². The van der Waals surface area contributed by atoms with Gasteiger partial charge < -0.3 is 15.3 Å². The number of hydrogen-bond donors (Lipinski definition) is 2. The molecule has 0 spiro atoms. The highest BCUT2D eigenvalue weighted by Gasteiger charge is 2.11. The molecular weight excluding hydrogens is 234 g/mol. The summed E-state index contributed by atoms with van der Waals surface area (Å²) in [5, 5.41) is 11.3. The topological polar surface area (TPSA) is 82.5 Å². The second-order valence-corrected chi connectivity index (χ2v) is 4.24. The Kier molecular flexibility index (Phi) is 4.65. The van der Waals surface area contributed by atoms with Gasteiger partial charge in [0.15, 0.2) is 0 Å². The van der Waals surface area contributed by atoms with Crippen LogP contribution in [0.25, 0.3) is 0 Å². The van der Waals surface area contributed by atoms with Gasteiger partial charge in [0.05, 0.1) is 24.0 Å². The molecule has 1 aromatic heterocycles. The van der Waals surface area contributed by atoms with Gasteiger partial charge in [-0.15, -0.1) is 0 Å². The summed E-state index contributed by atoms with van der Waals surface area (Å²) >= 11 is 0. The van der Waals surface area contributed by atoms with Gasteiger partial charge in [0.2, 0.25) is 0 Å². The number of carbonyl (C=O) groups excluding carboxylic acids is 1. The van der Waals surface area contributed by atoms with Crippen molar-refractivity contribution in [2.45, 2.75) is 26.3 Å². The standard InChI is InChI=1S/C12H17N3O3/c1-8(2)15(3)12(18)14-10-5-4-9(13-7-10)6-11(16)17/h4-5,7-8H,6H2,1-3H3,(H,14,18)(H,16,17). The normalized spacial score (nSPS) is 10.2. The summed E-state index contributed by atoms with van der Waals surface area (Å²) in [5.41, 5.74) is 0.999. The maximum Gasteiger partial charge on any atom is 0.321 e. The van der Waals surface area contributed by atoms with Gasteiger partial charge in [0.25, 0.3) is 0 Å². The van der Waals surface area contributed by atoms with Crippen molar-refractivity contribution in [3.63, 3.8) is 0 Å². The predicted octanol–water partition coefficient (Wildman–Crippen LogP) is 1.58. The van der Waals surface area contributed by atoms with Gasteiger partial charge in [-0.05, 0) is 26.0 Å².